The Hall–Kier alpha value is -2.22. The number of hydrogen-bond donors (Lipinski definition) is 1. The number of amides is 1. The van der Waals surface area contributed by atoms with Gasteiger partial charge in [0.1, 0.15) is 0 Å². The number of carbonyl (C=O) groups excluding carboxylic acids is 1. The lowest BCUT2D eigenvalue weighted by atomic mass is 10.1. The van der Waals surface area contributed by atoms with Gasteiger partial charge in [-0.25, -0.2) is 4.98 Å². The second-order valence-electron chi connectivity index (χ2n) is 5.63. The van der Waals surface area contributed by atoms with Crippen molar-refractivity contribution in [3.05, 3.63) is 17.0 Å². The van der Waals surface area contributed by atoms with E-state index in [-0.39, 0.29) is 17.9 Å². The zero-order valence-electron chi connectivity index (χ0n) is 13.0. The molecule has 3 rings (SSSR count). The molecule has 0 saturated carbocycles. The highest BCUT2D eigenvalue weighted by Crippen LogP contribution is 2.17. The van der Waals surface area contributed by atoms with E-state index in [0.717, 1.165) is 17.0 Å². The zero-order chi connectivity index (χ0) is 15.9. The van der Waals surface area contributed by atoms with Crippen LogP contribution in [-0.2, 0) is 16.0 Å². The predicted molar refractivity (Wildman–Crippen MR) is 80.4 cm³/mol. The summed E-state index contributed by atoms with van der Waals surface area (Å²) in [6.07, 6.45) is 0.296. The number of carbonyl (C=O) groups is 1. The second kappa shape index (κ2) is 5.53. The minimum absolute atomic E-state index is 0.0798. The molecule has 0 unspecified atom stereocenters. The summed E-state index contributed by atoms with van der Waals surface area (Å²) in [6.45, 7) is 7.58. The minimum atomic E-state index is 0.0798. The predicted octanol–water partition coefficient (Wildman–Crippen LogP) is 0.113. The summed E-state index contributed by atoms with van der Waals surface area (Å²) in [5.41, 5.74) is 8.13. The van der Waals surface area contributed by atoms with Gasteiger partial charge >= 0.3 is 0 Å². The molecule has 0 aliphatic carbocycles. The molecule has 1 saturated heterocycles. The fraction of sp³-hybridized carbons (Fsp3) is 0.571. The van der Waals surface area contributed by atoms with Crippen LogP contribution in [0.5, 0.6) is 0 Å². The third kappa shape index (κ3) is 2.50. The Morgan fingerprint density at radius 3 is 2.91 bits per heavy atom. The smallest absolute Gasteiger partial charge is 0.254 e. The number of aromatic nitrogens is 4. The van der Waals surface area contributed by atoms with Crippen molar-refractivity contribution < 1.29 is 9.53 Å². The van der Waals surface area contributed by atoms with Gasteiger partial charge in [0.05, 0.1) is 25.7 Å². The molecular weight excluding hydrogens is 284 g/mol. The van der Waals surface area contributed by atoms with Crippen LogP contribution < -0.4 is 5.73 Å². The summed E-state index contributed by atoms with van der Waals surface area (Å²) < 4.78 is 6.97. The van der Waals surface area contributed by atoms with E-state index < -0.39 is 0 Å². The third-order valence-electron chi connectivity index (χ3n) is 4.08. The summed E-state index contributed by atoms with van der Waals surface area (Å²) in [5, 5.41) is 4.13. The first-order valence-corrected chi connectivity index (χ1v) is 7.33. The fourth-order valence-electron chi connectivity index (χ4n) is 2.83. The molecule has 2 aromatic heterocycles. The molecule has 2 aromatic rings. The number of morpholine rings is 1. The van der Waals surface area contributed by atoms with Crippen LogP contribution >= 0.6 is 0 Å². The molecule has 1 atom stereocenters. The first-order valence-electron chi connectivity index (χ1n) is 7.33. The lowest BCUT2D eigenvalue weighted by Gasteiger charge is -2.33. The van der Waals surface area contributed by atoms with Crippen LogP contribution in [0.2, 0.25) is 0 Å². The maximum Gasteiger partial charge on any atom is 0.254 e. The number of hydrogen-bond acceptors (Lipinski definition) is 6. The molecule has 1 aliphatic rings. The average Bonchev–Trinajstić information content (AvgIpc) is 2.84. The van der Waals surface area contributed by atoms with Crippen molar-refractivity contribution in [2.75, 3.05) is 25.5 Å². The molecule has 3 heterocycles. The Bertz CT molecular complexity index is 726. The zero-order valence-corrected chi connectivity index (χ0v) is 13.0. The van der Waals surface area contributed by atoms with Crippen LogP contribution in [-0.4, -0.2) is 56.2 Å². The highest BCUT2D eigenvalue weighted by atomic mass is 16.5. The van der Waals surface area contributed by atoms with Crippen LogP contribution in [0.25, 0.3) is 5.78 Å². The molecule has 8 nitrogen and oxygen atoms in total. The molecule has 0 aromatic carbocycles. The van der Waals surface area contributed by atoms with Gasteiger partial charge in [-0.15, -0.1) is 5.10 Å². The Kier molecular flexibility index (Phi) is 3.69. The molecule has 1 aliphatic heterocycles. The lowest BCUT2D eigenvalue weighted by Crippen LogP contribution is -2.47. The molecular formula is C14H20N6O2. The monoisotopic (exact) mass is 304 g/mol. The largest absolute Gasteiger partial charge is 0.377 e. The first-order chi connectivity index (χ1) is 10.5. The number of nitrogen functional groups attached to an aromatic ring is 1. The number of nitrogens with zero attached hydrogens (tertiary/aromatic N) is 5. The van der Waals surface area contributed by atoms with Crippen LogP contribution in [0.4, 0.5) is 5.95 Å². The molecule has 1 fully saturated rings. The Morgan fingerprint density at radius 1 is 1.41 bits per heavy atom. The quantitative estimate of drug-likeness (QED) is 0.845. The standard InChI is InChI=1S/C14H20N6O2/c1-8-7-22-5-4-19(8)12(21)6-11-9(2)16-14-17-13(15)18-20(14)10(11)3/h8H,4-7H2,1-3H3,(H2,15,18)/t8-/m1/s1. The van der Waals surface area contributed by atoms with Gasteiger partial charge < -0.3 is 15.4 Å². The van der Waals surface area contributed by atoms with Crippen LogP contribution in [0.3, 0.4) is 0 Å². The second-order valence-corrected chi connectivity index (χ2v) is 5.63. The number of aryl methyl sites for hydroxylation is 2. The maximum absolute atomic E-state index is 12.6. The van der Waals surface area contributed by atoms with E-state index in [1.54, 1.807) is 4.52 Å². The van der Waals surface area contributed by atoms with Gasteiger partial charge in [-0.3, -0.25) is 4.79 Å². The van der Waals surface area contributed by atoms with E-state index in [9.17, 15) is 4.79 Å². The van der Waals surface area contributed by atoms with Crippen LogP contribution in [0.15, 0.2) is 0 Å². The number of anilines is 1. The van der Waals surface area contributed by atoms with E-state index in [1.807, 2.05) is 25.7 Å². The van der Waals surface area contributed by atoms with Gasteiger partial charge in [0.2, 0.25) is 11.9 Å². The molecule has 22 heavy (non-hydrogen) atoms. The SMILES string of the molecule is Cc1nc2nc(N)nn2c(C)c1CC(=O)N1CCOC[C@H]1C. The summed E-state index contributed by atoms with van der Waals surface area (Å²) in [4.78, 5) is 22.9. The van der Waals surface area contributed by atoms with Crippen molar-refractivity contribution in [3.63, 3.8) is 0 Å². The van der Waals surface area contributed by atoms with Crippen molar-refractivity contribution in [2.45, 2.75) is 33.2 Å². The normalized spacial score (nSPS) is 18.9. The first kappa shape index (κ1) is 14.7. The molecule has 8 heteroatoms. The highest BCUT2D eigenvalue weighted by Gasteiger charge is 2.25. The van der Waals surface area contributed by atoms with Gasteiger partial charge in [0.25, 0.3) is 5.78 Å². The molecule has 0 bridgehead atoms. The van der Waals surface area contributed by atoms with Crippen molar-refractivity contribution in [3.8, 4) is 0 Å². The minimum Gasteiger partial charge on any atom is -0.377 e. The third-order valence-corrected chi connectivity index (χ3v) is 4.08. The Morgan fingerprint density at radius 2 is 2.18 bits per heavy atom. The molecule has 0 radical (unpaired) electrons. The molecule has 1 amide bonds. The van der Waals surface area contributed by atoms with Crippen molar-refractivity contribution in [2.24, 2.45) is 0 Å². The maximum atomic E-state index is 12.6. The Balaban J connectivity index is 1.91. The van der Waals surface area contributed by atoms with Crippen molar-refractivity contribution in [1.29, 1.82) is 0 Å². The summed E-state index contributed by atoms with van der Waals surface area (Å²) in [5.74, 6) is 0.722. The summed E-state index contributed by atoms with van der Waals surface area (Å²) >= 11 is 0. The summed E-state index contributed by atoms with van der Waals surface area (Å²) in [6, 6.07) is 0.0977. The van der Waals surface area contributed by atoms with Gasteiger partial charge in [-0.2, -0.15) is 9.50 Å². The van der Waals surface area contributed by atoms with E-state index >= 15 is 0 Å². The number of rotatable bonds is 2. The van der Waals surface area contributed by atoms with E-state index in [2.05, 4.69) is 15.1 Å². The van der Waals surface area contributed by atoms with E-state index in [1.165, 1.54) is 0 Å². The van der Waals surface area contributed by atoms with E-state index in [0.29, 0.717) is 32.0 Å². The summed E-state index contributed by atoms with van der Waals surface area (Å²) in [7, 11) is 0. The average molecular weight is 304 g/mol. The van der Waals surface area contributed by atoms with Gasteiger partial charge in [-0.05, 0) is 20.8 Å². The van der Waals surface area contributed by atoms with Crippen molar-refractivity contribution >= 4 is 17.6 Å². The fourth-order valence-corrected chi connectivity index (χ4v) is 2.83. The lowest BCUT2D eigenvalue weighted by molar-refractivity contribution is -0.138. The van der Waals surface area contributed by atoms with Gasteiger partial charge in [0.15, 0.2) is 0 Å². The molecule has 2 N–H and O–H groups in total. The Labute approximate surface area is 128 Å². The topological polar surface area (TPSA) is 98.6 Å². The number of ether oxygens (including phenoxy) is 1. The molecule has 0 spiro atoms. The van der Waals surface area contributed by atoms with Crippen LogP contribution in [0.1, 0.15) is 23.9 Å². The van der Waals surface area contributed by atoms with Crippen LogP contribution in [0, 0.1) is 13.8 Å². The van der Waals surface area contributed by atoms with Gasteiger partial charge in [-0.1, -0.05) is 0 Å². The highest BCUT2D eigenvalue weighted by molar-refractivity contribution is 5.79. The molecule has 118 valence electrons. The van der Waals surface area contributed by atoms with Crippen molar-refractivity contribution in [1.82, 2.24) is 24.5 Å². The number of nitrogens with two attached hydrogens (primary N) is 1. The number of fused-ring (bicyclic) bond motifs is 1. The van der Waals surface area contributed by atoms with E-state index in [4.69, 9.17) is 10.5 Å². The van der Waals surface area contributed by atoms with Gasteiger partial charge in [0, 0.05) is 23.5 Å².